The van der Waals surface area contributed by atoms with Gasteiger partial charge in [-0.05, 0) is 26.1 Å². The van der Waals surface area contributed by atoms with Crippen molar-refractivity contribution in [1.29, 1.82) is 0 Å². The number of aliphatic imine (C=N–C) groups is 1. The molecular weight excluding hydrogens is 260 g/mol. The van der Waals surface area contributed by atoms with Gasteiger partial charge in [0.15, 0.2) is 12.2 Å². The molecule has 2 aliphatic heterocycles. The highest BCUT2D eigenvalue weighted by molar-refractivity contribution is 6.01. The monoisotopic (exact) mass is 284 g/mol. The van der Waals surface area contributed by atoms with Crippen molar-refractivity contribution in [3.63, 3.8) is 0 Å². The molecule has 2 aliphatic rings. The first-order valence-corrected chi connectivity index (χ1v) is 6.68. The number of aliphatic hydroxyl groups is 1. The molecule has 2 heterocycles. The number of likely N-dealkylation sites (N-methyl/N-ethyl adjacent to an activating group) is 2. The van der Waals surface area contributed by atoms with E-state index >= 15 is 0 Å². The van der Waals surface area contributed by atoms with Gasteiger partial charge in [-0.3, -0.25) is 9.69 Å². The summed E-state index contributed by atoms with van der Waals surface area (Å²) < 4.78 is 15.4. The Hall–Kier alpha value is -1.63. The fourth-order valence-corrected chi connectivity index (χ4v) is 2.46. The molecule has 7 heteroatoms. The first-order valence-electron chi connectivity index (χ1n) is 7.68. The van der Waals surface area contributed by atoms with Crippen LogP contribution in [0.15, 0.2) is 4.99 Å². The lowest BCUT2D eigenvalue weighted by molar-refractivity contribution is -0.137. The van der Waals surface area contributed by atoms with Gasteiger partial charge in [-0.25, -0.2) is 9.79 Å². The molecule has 0 aromatic heterocycles. The number of imide groups is 1. The number of carbonyl (C=O) groups excluding carboxylic acids is 2. The van der Waals surface area contributed by atoms with Gasteiger partial charge in [0, 0.05) is 23.4 Å². The highest BCUT2D eigenvalue weighted by atomic mass is 16.3. The van der Waals surface area contributed by atoms with Crippen LogP contribution in [0, 0.1) is 0 Å². The van der Waals surface area contributed by atoms with Crippen LogP contribution < -0.4 is 0 Å². The molecule has 1 fully saturated rings. The van der Waals surface area contributed by atoms with Crippen LogP contribution in [0.1, 0.15) is 28.9 Å². The van der Waals surface area contributed by atoms with Crippen LogP contribution in [0.5, 0.6) is 0 Å². The zero-order chi connectivity index (χ0) is 16.7. The van der Waals surface area contributed by atoms with Crippen LogP contribution in [0.4, 0.5) is 4.79 Å². The van der Waals surface area contributed by atoms with E-state index in [1.165, 1.54) is 11.8 Å². The van der Waals surface area contributed by atoms with Gasteiger partial charge in [0.25, 0.3) is 5.91 Å². The summed E-state index contributed by atoms with van der Waals surface area (Å²) in [5, 5.41) is 9.37. The Balaban J connectivity index is 2.02. The maximum atomic E-state index is 12.5. The fourth-order valence-electron chi connectivity index (χ4n) is 2.46. The molecule has 0 aromatic carbocycles. The van der Waals surface area contributed by atoms with Crippen LogP contribution in [-0.4, -0.2) is 77.0 Å². The quantitative estimate of drug-likeness (QED) is 0.777. The van der Waals surface area contributed by atoms with Gasteiger partial charge in [0.1, 0.15) is 0 Å². The second-order valence-electron chi connectivity index (χ2n) is 5.16. The van der Waals surface area contributed by atoms with Gasteiger partial charge in [-0.2, -0.15) is 0 Å². The van der Waals surface area contributed by atoms with Crippen molar-refractivity contribution in [2.75, 3.05) is 20.6 Å². The third kappa shape index (κ3) is 2.63. The van der Waals surface area contributed by atoms with Crippen LogP contribution >= 0.6 is 0 Å². The summed E-state index contributed by atoms with van der Waals surface area (Å²) in [5.74, 6) is -0.314. The molecule has 20 heavy (non-hydrogen) atoms. The normalized spacial score (nSPS) is 29.5. The summed E-state index contributed by atoms with van der Waals surface area (Å²) in [6.07, 6.45) is -1.40. The van der Waals surface area contributed by atoms with Crippen LogP contribution in [0.2, 0.25) is 0 Å². The summed E-state index contributed by atoms with van der Waals surface area (Å²) in [6.45, 7) is 1.52. The molecule has 2 rings (SSSR count). The van der Waals surface area contributed by atoms with Gasteiger partial charge in [-0.15, -0.1) is 0 Å². The number of hydrogen-bond acceptors (Lipinski definition) is 5. The molecule has 0 spiro atoms. The molecule has 0 aliphatic carbocycles. The van der Waals surface area contributed by atoms with E-state index in [0.29, 0.717) is 6.42 Å². The molecule has 2 unspecified atom stereocenters. The summed E-state index contributed by atoms with van der Waals surface area (Å²) in [5.41, 5.74) is 0. The molecule has 0 radical (unpaired) electrons. The van der Waals surface area contributed by atoms with Crippen LogP contribution in [0.25, 0.3) is 0 Å². The Morgan fingerprint density at radius 1 is 1.45 bits per heavy atom. The van der Waals surface area contributed by atoms with Crippen molar-refractivity contribution in [3.8, 4) is 0 Å². The smallest absolute Gasteiger partial charge is 0.328 e. The minimum atomic E-state index is -1.73. The molecule has 3 atom stereocenters. The van der Waals surface area contributed by atoms with E-state index in [1.807, 2.05) is 0 Å². The van der Waals surface area contributed by atoms with Gasteiger partial charge >= 0.3 is 6.03 Å². The number of aliphatic hydroxyl groups excluding tert-OH is 1. The van der Waals surface area contributed by atoms with Crippen molar-refractivity contribution >= 4 is 18.3 Å². The minimum Gasteiger partial charge on any atom is -0.393 e. The van der Waals surface area contributed by atoms with Gasteiger partial charge in [0.05, 0.1) is 12.4 Å². The molecule has 112 valence electrons. The number of rotatable bonds is 5. The van der Waals surface area contributed by atoms with Crippen molar-refractivity contribution in [2.45, 2.75) is 44.4 Å². The number of fused-ring (bicyclic) bond motifs is 1. The second-order valence-corrected chi connectivity index (χ2v) is 5.16. The standard InChI is InChI=1S/C13H22N4O3/c1-9(18)6-4-5-7-17-12(19)10-11(14-8-15(10)2)16(3)13(17)20/h8-11,18H,4-7H2,1-3H3/t9-,10?,11?/m0/s1/i6D2. The Labute approximate surface area is 121 Å². The molecule has 0 saturated carbocycles. The van der Waals surface area contributed by atoms with E-state index in [4.69, 9.17) is 2.74 Å². The molecule has 1 N–H and O–H groups in total. The first-order chi connectivity index (χ1) is 10.2. The van der Waals surface area contributed by atoms with E-state index in [1.54, 1.807) is 25.3 Å². The summed E-state index contributed by atoms with van der Waals surface area (Å²) >= 11 is 0. The van der Waals surface area contributed by atoms with Crippen LogP contribution in [-0.2, 0) is 4.79 Å². The average molecular weight is 284 g/mol. The van der Waals surface area contributed by atoms with Crippen molar-refractivity contribution < 1.29 is 17.4 Å². The SMILES string of the molecule is [2H]C([2H])(CCCN1C(=O)C2C(N=CN2C)N(C)C1=O)[C@H](C)O. The topological polar surface area (TPSA) is 76.5 Å². The maximum absolute atomic E-state index is 12.5. The highest BCUT2D eigenvalue weighted by Gasteiger charge is 2.48. The van der Waals surface area contributed by atoms with E-state index < -0.39 is 30.7 Å². The molecule has 3 amide bonds. The average Bonchev–Trinajstić information content (AvgIpc) is 2.82. The van der Waals surface area contributed by atoms with Gasteiger partial charge < -0.3 is 14.9 Å². The van der Waals surface area contributed by atoms with Gasteiger partial charge in [0.2, 0.25) is 0 Å². The molecule has 0 bridgehead atoms. The maximum Gasteiger partial charge on any atom is 0.328 e. The molecule has 0 aromatic rings. The number of urea groups is 1. The van der Waals surface area contributed by atoms with Crippen molar-refractivity contribution in [1.82, 2.24) is 14.7 Å². The van der Waals surface area contributed by atoms with Crippen molar-refractivity contribution in [2.24, 2.45) is 4.99 Å². The Kier molecular flexibility index (Phi) is 3.51. The third-order valence-electron chi connectivity index (χ3n) is 3.57. The summed E-state index contributed by atoms with van der Waals surface area (Å²) in [7, 11) is 3.34. The van der Waals surface area contributed by atoms with E-state index in [2.05, 4.69) is 4.99 Å². The fraction of sp³-hybridized carbons (Fsp3) is 0.769. The predicted octanol–water partition coefficient (Wildman–Crippen LogP) is 0.0999. The summed E-state index contributed by atoms with van der Waals surface area (Å²) in [4.78, 5) is 33.2. The highest BCUT2D eigenvalue weighted by Crippen LogP contribution is 2.24. The largest absolute Gasteiger partial charge is 0.393 e. The van der Waals surface area contributed by atoms with Gasteiger partial charge in [-0.1, -0.05) is 0 Å². The lowest BCUT2D eigenvalue weighted by Crippen LogP contribution is -2.64. The molecule has 1 saturated heterocycles. The van der Waals surface area contributed by atoms with E-state index in [9.17, 15) is 14.7 Å². The lowest BCUT2D eigenvalue weighted by atomic mass is 10.1. The van der Waals surface area contributed by atoms with E-state index in [-0.39, 0.29) is 18.9 Å². The number of hydrogen-bond donors (Lipinski definition) is 1. The number of nitrogens with zero attached hydrogens (tertiary/aromatic N) is 4. The van der Waals surface area contributed by atoms with E-state index in [0.717, 1.165) is 4.90 Å². The zero-order valence-electron chi connectivity index (χ0n) is 14.0. The first kappa shape index (κ1) is 12.1. The predicted molar refractivity (Wildman–Crippen MR) is 74.2 cm³/mol. The third-order valence-corrected chi connectivity index (χ3v) is 3.57. The zero-order valence-corrected chi connectivity index (χ0v) is 12.0. The number of amides is 3. The Morgan fingerprint density at radius 3 is 2.80 bits per heavy atom. The summed E-state index contributed by atoms with van der Waals surface area (Å²) in [6, 6.07) is -0.937. The lowest BCUT2D eigenvalue weighted by Gasteiger charge is -2.40. The van der Waals surface area contributed by atoms with Crippen molar-refractivity contribution in [3.05, 3.63) is 0 Å². The second kappa shape index (κ2) is 5.78. The minimum absolute atomic E-state index is 0.0753. The molecular formula is C13H22N4O3. The van der Waals surface area contributed by atoms with Crippen LogP contribution in [0.3, 0.4) is 0 Å². The Morgan fingerprint density at radius 2 is 2.15 bits per heavy atom. The molecule has 7 nitrogen and oxygen atoms in total. The Bertz CT molecular complexity index is 498. The number of carbonyl (C=O) groups is 2.